The first kappa shape index (κ1) is 12.1. The Morgan fingerprint density at radius 1 is 1.60 bits per heavy atom. The Balaban J connectivity index is 2.97. The van der Waals surface area contributed by atoms with Crippen molar-refractivity contribution in [2.75, 3.05) is 7.11 Å². The normalized spacial score (nSPS) is 17.1. The maximum absolute atomic E-state index is 12.9. The SMILES string of the molecule is CCC(C)(OC)C(O)c1cncc(F)c1. The number of aliphatic hydroxyl groups excluding tert-OH is 1. The fourth-order valence-electron chi connectivity index (χ4n) is 1.38. The van der Waals surface area contributed by atoms with E-state index in [1.54, 1.807) is 6.92 Å². The van der Waals surface area contributed by atoms with Gasteiger partial charge < -0.3 is 9.84 Å². The van der Waals surface area contributed by atoms with Crippen LogP contribution >= 0.6 is 0 Å². The molecule has 0 amide bonds. The van der Waals surface area contributed by atoms with Gasteiger partial charge in [0.15, 0.2) is 0 Å². The molecule has 4 heteroatoms. The van der Waals surface area contributed by atoms with Gasteiger partial charge in [0.2, 0.25) is 0 Å². The third-order valence-corrected chi connectivity index (χ3v) is 2.79. The molecule has 0 spiro atoms. The summed E-state index contributed by atoms with van der Waals surface area (Å²) in [5.41, 5.74) is -0.281. The zero-order valence-electron chi connectivity index (χ0n) is 9.20. The number of hydrogen-bond acceptors (Lipinski definition) is 3. The van der Waals surface area contributed by atoms with E-state index >= 15 is 0 Å². The molecule has 84 valence electrons. The third kappa shape index (κ3) is 2.52. The van der Waals surface area contributed by atoms with Crippen LogP contribution in [-0.4, -0.2) is 22.8 Å². The predicted molar refractivity (Wildman–Crippen MR) is 54.9 cm³/mol. The molecule has 1 heterocycles. The number of hydrogen-bond donors (Lipinski definition) is 1. The van der Waals surface area contributed by atoms with Crippen molar-refractivity contribution in [3.05, 3.63) is 29.8 Å². The molecule has 2 atom stereocenters. The zero-order valence-corrected chi connectivity index (χ0v) is 9.20. The van der Waals surface area contributed by atoms with Gasteiger partial charge in [0, 0.05) is 18.9 Å². The summed E-state index contributed by atoms with van der Waals surface area (Å²) in [6.07, 6.45) is 2.30. The lowest BCUT2D eigenvalue weighted by Gasteiger charge is -2.32. The van der Waals surface area contributed by atoms with E-state index in [1.165, 1.54) is 19.4 Å². The smallest absolute Gasteiger partial charge is 0.141 e. The molecule has 0 fully saturated rings. The number of aliphatic hydroxyl groups is 1. The van der Waals surface area contributed by atoms with E-state index in [0.29, 0.717) is 12.0 Å². The summed E-state index contributed by atoms with van der Waals surface area (Å²) in [6.45, 7) is 3.68. The molecule has 2 unspecified atom stereocenters. The van der Waals surface area contributed by atoms with Crippen molar-refractivity contribution in [1.29, 1.82) is 0 Å². The van der Waals surface area contributed by atoms with Gasteiger partial charge in [0.1, 0.15) is 11.9 Å². The van der Waals surface area contributed by atoms with Gasteiger partial charge >= 0.3 is 0 Å². The highest BCUT2D eigenvalue weighted by Crippen LogP contribution is 2.31. The molecule has 0 aliphatic rings. The number of ether oxygens (including phenoxy) is 1. The van der Waals surface area contributed by atoms with Crippen LogP contribution in [0.1, 0.15) is 31.9 Å². The first-order chi connectivity index (χ1) is 7.03. The molecule has 0 saturated heterocycles. The van der Waals surface area contributed by atoms with Crippen molar-refractivity contribution in [3.63, 3.8) is 0 Å². The molecule has 1 aromatic rings. The van der Waals surface area contributed by atoms with Crippen LogP contribution in [0.4, 0.5) is 4.39 Å². The molecule has 15 heavy (non-hydrogen) atoms. The molecular formula is C11H16FNO2. The van der Waals surface area contributed by atoms with Crippen LogP contribution in [-0.2, 0) is 4.74 Å². The second-order valence-electron chi connectivity index (χ2n) is 3.71. The van der Waals surface area contributed by atoms with Crippen LogP contribution in [0.5, 0.6) is 0 Å². The van der Waals surface area contributed by atoms with Crippen LogP contribution in [0.25, 0.3) is 0 Å². The Bertz CT molecular complexity index is 326. The molecular weight excluding hydrogens is 197 g/mol. The first-order valence-corrected chi connectivity index (χ1v) is 4.87. The molecule has 0 aliphatic heterocycles. The number of rotatable bonds is 4. The van der Waals surface area contributed by atoms with E-state index in [9.17, 15) is 9.50 Å². The van der Waals surface area contributed by atoms with Gasteiger partial charge in [0.25, 0.3) is 0 Å². The second kappa shape index (κ2) is 4.68. The van der Waals surface area contributed by atoms with E-state index in [2.05, 4.69) is 4.98 Å². The molecule has 0 aromatic carbocycles. The highest BCUT2D eigenvalue weighted by Gasteiger charge is 2.32. The largest absolute Gasteiger partial charge is 0.385 e. The van der Waals surface area contributed by atoms with E-state index in [0.717, 1.165) is 6.20 Å². The number of halogens is 1. The first-order valence-electron chi connectivity index (χ1n) is 4.87. The van der Waals surface area contributed by atoms with Crippen molar-refractivity contribution in [2.24, 2.45) is 0 Å². The lowest BCUT2D eigenvalue weighted by molar-refractivity contribution is -0.0946. The van der Waals surface area contributed by atoms with E-state index < -0.39 is 17.5 Å². The minimum absolute atomic E-state index is 0.432. The van der Waals surface area contributed by atoms with Gasteiger partial charge in [-0.3, -0.25) is 4.98 Å². The number of pyridine rings is 1. The van der Waals surface area contributed by atoms with Crippen LogP contribution in [0.2, 0.25) is 0 Å². The van der Waals surface area contributed by atoms with Crippen molar-refractivity contribution in [3.8, 4) is 0 Å². The number of nitrogens with zero attached hydrogens (tertiary/aromatic N) is 1. The fraction of sp³-hybridized carbons (Fsp3) is 0.545. The summed E-state index contributed by atoms with van der Waals surface area (Å²) in [6, 6.07) is 1.27. The van der Waals surface area contributed by atoms with Gasteiger partial charge in [-0.2, -0.15) is 0 Å². The van der Waals surface area contributed by atoms with E-state index in [1.807, 2.05) is 6.92 Å². The minimum Gasteiger partial charge on any atom is -0.385 e. The van der Waals surface area contributed by atoms with E-state index in [4.69, 9.17) is 4.74 Å². The Hall–Kier alpha value is -1.00. The van der Waals surface area contributed by atoms with Crippen LogP contribution < -0.4 is 0 Å². The topological polar surface area (TPSA) is 42.4 Å². The van der Waals surface area contributed by atoms with Crippen molar-refractivity contribution < 1.29 is 14.2 Å². The molecule has 0 bridgehead atoms. The quantitative estimate of drug-likeness (QED) is 0.832. The van der Waals surface area contributed by atoms with Crippen LogP contribution in [0, 0.1) is 5.82 Å². The summed E-state index contributed by atoms with van der Waals surface area (Å²) in [7, 11) is 1.53. The molecule has 0 radical (unpaired) electrons. The average molecular weight is 213 g/mol. The van der Waals surface area contributed by atoms with Crippen LogP contribution in [0.3, 0.4) is 0 Å². The summed E-state index contributed by atoms with van der Waals surface area (Å²) < 4.78 is 18.2. The lowest BCUT2D eigenvalue weighted by Crippen LogP contribution is -2.34. The maximum Gasteiger partial charge on any atom is 0.141 e. The van der Waals surface area contributed by atoms with Gasteiger partial charge in [-0.05, 0) is 19.4 Å². The zero-order chi connectivity index (χ0) is 11.5. The highest BCUT2D eigenvalue weighted by molar-refractivity contribution is 5.16. The summed E-state index contributed by atoms with van der Waals surface area (Å²) in [5.74, 6) is -0.457. The van der Waals surface area contributed by atoms with Crippen molar-refractivity contribution in [1.82, 2.24) is 4.98 Å². The van der Waals surface area contributed by atoms with Crippen molar-refractivity contribution >= 4 is 0 Å². The van der Waals surface area contributed by atoms with Gasteiger partial charge in [-0.25, -0.2) is 4.39 Å². The summed E-state index contributed by atoms with van der Waals surface area (Å²) in [5, 5.41) is 10.0. The van der Waals surface area contributed by atoms with Gasteiger partial charge in [-0.15, -0.1) is 0 Å². The third-order valence-electron chi connectivity index (χ3n) is 2.79. The molecule has 1 N–H and O–H groups in total. The Morgan fingerprint density at radius 3 is 2.73 bits per heavy atom. The monoisotopic (exact) mass is 213 g/mol. The molecule has 1 rings (SSSR count). The average Bonchev–Trinajstić information content (AvgIpc) is 2.27. The molecule has 1 aromatic heterocycles. The molecule has 3 nitrogen and oxygen atoms in total. The van der Waals surface area contributed by atoms with Crippen LogP contribution in [0.15, 0.2) is 18.5 Å². The standard InChI is InChI=1S/C11H16FNO2/c1-4-11(2,15-3)10(14)8-5-9(12)7-13-6-8/h5-7,10,14H,4H2,1-3H3. The summed E-state index contributed by atoms with van der Waals surface area (Å²) in [4.78, 5) is 3.70. The maximum atomic E-state index is 12.9. The Labute approximate surface area is 88.9 Å². The van der Waals surface area contributed by atoms with Gasteiger partial charge in [-0.1, -0.05) is 6.92 Å². The van der Waals surface area contributed by atoms with E-state index in [-0.39, 0.29) is 0 Å². The lowest BCUT2D eigenvalue weighted by atomic mass is 9.91. The number of methoxy groups -OCH3 is 1. The molecule has 0 aliphatic carbocycles. The minimum atomic E-state index is -0.879. The van der Waals surface area contributed by atoms with Crippen molar-refractivity contribution in [2.45, 2.75) is 32.0 Å². The fourth-order valence-corrected chi connectivity index (χ4v) is 1.38. The van der Waals surface area contributed by atoms with Gasteiger partial charge in [0.05, 0.1) is 11.8 Å². The highest BCUT2D eigenvalue weighted by atomic mass is 19.1. The summed E-state index contributed by atoms with van der Waals surface area (Å²) >= 11 is 0. The number of aromatic nitrogens is 1. The second-order valence-corrected chi connectivity index (χ2v) is 3.71. The Morgan fingerprint density at radius 2 is 2.27 bits per heavy atom. The predicted octanol–water partition coefficient (Wildman–Crippen LogP) is 2.07. The Kier molecular flexibility index (Phi) is 3.77. The molecule has 0 saturated carbocycles.